The molecule has 0 amide bonds. The molecule has 0 aliphatic rings. The molecule has 6 nitrogen and oxygen atoms in total. The monoisotopic (exact) mass is 288 g/mol. The van der Waals surface area contributed by atoms with E-state index in [1.54, 1.807) is 41.5 Å². The first-order valence-corrected chi connectivity index (χ1v) is 6.38. The van der Waals surface area contributed by atoms with Crippen molar-refractivity contribution in [3.05, 3.63) is 0 Å². The van der Waals surface area contributed by atoms with Crippen LogP contribution < -0.4 is 0 Å². The van der Waals surface area contributed by atoms with Crippen molar-refractivity contribution >= 4 is 17.9 Å². The molecular formula is C14H24O6. The van der Waals surface area contributed by atoms with Gasteiger partial charge in [0.15, 0.2) is 5.92 Å². The van der Waals surface area contributed by atoms with Gasteiger partial charge < -0.3 is 14.2 Å². The first-order valence-electron chi connectivity index (χ1n) is 6.38. The van der Waals surface area contributed by atoms with Crippen LogP contribution in [0.5, 0.6) is 0 Å². The Balaban J connectivity index is 5.03. The molecule has 0 unspecified atom stereocenters. The van der Waals surface area contributed by atoms with E-state index in [2.05, 4.69) is 4.74 Å². The van der Waals surface area contributed by atoms with E-state index in [-0.39, 0.29) is 0 Å². The molecule has 0 aromatic heterocycles. The summed E-state index contributed by atoms with van der Waals surface area (Å²) in [5, 5.41) is 0. The molecule has 0 heterocycles. The number of carbonyl (C=O) groups is 3. The predicted octanol–water partition coefficient (Wildman–Crippen LogP) is 1.85. The SMILES string of the molecule is COC(=O)CC(C(=O)OC(C)(C)C)C(=O)OC(C)(C)C. The zero-order chi connectivity index (χ0) is 16.1. The summed E-state index contributed by atoms with van der Waals surface area (Å²) in [4.78, 5) is 35.3. The third-order valence-electron chi connectivity index (χ3n) is 1.98. The fourth-order valence-electron chi connectivity index (χ4n) is 1.26. The van der Waals surface area contributed by atoms with E-state index in [9.17, 15) is 14.4 Å². The molecule has 0 aliphatic carbocycles. The smallest absolute Gasteiger partial charge is 0.321 e. The summed E-state index contributed by atoms with van der Waals surface area (Å²) < 4.78 is 14.8. The van der Waals surface area contributed by atoms with E-state index >= 15 is 0 Å². The van der Waals surface area contributed by atoms with E-state index in [0.717, 1.165) is 0 Å². The standard InChI is InChI=1S/C14H24O6/c1-13(2,3)19-11(16)9(8-10(15)18-7)12(17)20-14(4,5)6/h9H,8H2,1-7H3. The molecule has 0 aromatic rings. The van der Waals surface area contributed by atoms with Crippen LogP contribution in [0.25, 0.3) is 0 Å². The molecule has 0 atom stereocenters. The van der Waals surface area contributed by atoms with Crippen LogP contribution in [0.15, 0.2) is 0 Å². The van der Waals surface area contributed by atoms with Crippen molar-refractivity contribution in [2.75, 3.05) is 7.11 Å². The molecule has 0 spiro atoms. The van der Waals surface area contributed by atoms with E-state index < -0.39 is 41.4 Å². The maximum absolute atomic E-state index is 12.0. The molecule has 0 saturated carbocycles. The van der Waals surface area contributed by atoms with Gasteiger partial charge in [0.05, 0.1) is 13.5 Å². The minimum absolute atomic E-state index is 0.402. The van der Waals surface area contributed by atoms with Crippen molar-refractivity contribution in [3.63, 3.8) is 0 Å². The van der Waals surface area contributed by atoms with Gasteiger partial charge in [-0.1, -0.05) is 0 Å². The summed E-state index contributed by atoms with van der Waals surface area (Å²) >= 11 is 0. The molecule has 116 valence electrons. The maximum Gasteiger partial charge on any atom is 0.321 e. The second-order valence-electron chi connectivity index (χ2n) is 6.40. The van der Waals surface area contributed by atoms with Gasteiger partial charge >= 0.3 is 17.9 Å². The third-order valence-corrected chi connectivity index (χ3v) is 1.98. The van der Waals surface area contributed by atoms with Crippen LogP contribution in [0.3, 0.4) is 0 Å². The van der Waals surface area contributed by atoms with Crippen LogP contribution in [0, 0.1) is 5.92 Å². The van der Waals surface area contributed by atoms with Gasteiger partial charge in [0.25, 0.3) is 0 Å². The van der Waals surface area contributed by atoms with Crippen LogP contribution in [0.1, 0.15) is 48.0 Å². The van der Waals surface area contributed by atoms with Gasteiger partial charge in [0.2, 0.25) is 0 Å². The zero-order valence-corrected chi connectivity index (χ0v) is 13.2. The van der Waals surface area contributed by atoms with Gasteiger partial charge in [0, 0.05) is 0 Å². The van der Waals surface area contributed by atoms with Gasteiger partial charge in [-0.05, 0) is 41.5 Å². The molecule has 0 bridgehead atoms. The number of carbonyl (C=O) groups excluding carboxylic acids is 3. The Morgan fingerprint density at radius 3 is 1.45 bits per heavy atom. The first-order chi connectivity index (χ1) is 8.85. The average Bonchev–Trinajstić information content (AvgIpc) is 2.19. The van der Waals surface area contributed by atoms with Crippen LogP contribution in [0.2, 0.25) is 0 Å². The number of hydrogen-bond donors (Lipinski definition) is 0. The second kappa shape index (κ2) is 6.72. The first kappa shape index (κ1) is 18.4. The molecule has 0 N–H and O–H groups in total. The lowest BCUT2D eigenvalue weighted by Gasteiger charge is -2.25. The quantitative estimate of drug-likeness (QED) is 0.446. The number of methoxy groups -OCH3 is 1. The Labute approximate surface area is 119 Å². The Morgan fingerprint density at radius 2 is 1.20 bits per heavy atom. The van der Waals surface area contributed by atoms with E-state index in [4.69, 9.17) is 9.47 Å². The normalized spacial score (nSPS) is 12.0. The van der Waals surface area contributed by atoms with Gasteiger partial charge in [-0.15, -0.1) is 0 Å². The van der Waals surface area contributed by atoms with Gasteiger partial charge in [0.1, 0.15) is 11.2 Å². The summed E-state index contributed by atoms with van der Waals surface area (Å²) in [5.74, 6) is -3.58. The molecule has 0 radical (unpaired) electrons. The summed E-state index contributed by atoms with van der Waals surface area (Å²) in [6.07, 6.45) is -0.402. The second-order valence-corrected chi connectivity index (χ2v) is 6.40. The number of rotatable bonds is 4. The van der Waals surface area contributed by atoms with Crippen molar-refractivity contribution in [2.24, 2.45) is 5.92 Å². The van der Waals surface area contributed by atoms with Crippen molar-refractivity contribution in [1.82, 2.24) is 0 Å². The number of hydrogen-bond acceptors (Lipinski definition) is 6. The topological polar surface area (TPSA) is 78.9 Å². The van der Waals surface area contributed by atoms with Gasteiger partial charge in [-0.2, -0.15) is 0 Å². The van der Waals surface area contributed by atoms with Crippen molar-refractivity contribution in [3.8, 4) is 0 Å². The Hall–Kier alpha value is -1.59. The van der Waals surface area contributed by atoms with E-state index in [1.807, 2.05) is 0 Å². The summed E-state index contributed by atoms with van der Waals surface area (Å²) in [5.41, 5.74) is -1.51. The molecule has 0 aromatic carbocycles. The molecule has 6 heteroatoms. The van der Waals surface area contributed by atoms with Crippen molar-refractivity contribution in [2.45, 2.75) is 59.2 Å². The largest absolute Gasteiger partial charge is 0.469 e. The molecule has 0 fully saturated rings. The van der Waals surface area contributed by atoms with Crippen LogP contribution in [-0.2, 0) is 28.6 Å². The Kier molecular flexibility index (Phi) is 6.19. The van der Waals surface area contributed by atoms with E-state index in [1.165, 1.54) is 7.11 Å². The summed E-state index contributed by atoms with van der Waals surface area (Å²) in [6.45, 7) is 10.1. The number of ether oxygens (including phenoxy) is 3. The highest BCUT2D eigenvalue weighted by Crippen LogP contribution is 2.19. The minimum atomic E-state index is -1.32. The lowest BCUT2D eigenvalue weighted by Crippen LogP contribution is -2.38. The highest BCUT2D eigenvalue weighted by molar-refractivity contribution is 5.98. The molecule has 0 aliphatic heterocycles. The van der Waals surface area contributed by atoms with Crippen LogP contribution in [0.4, 0.5) is 0 Å². The Morgan fingerprint density at radius 1 is 0.850 bits per heavy atom. The fourth-order valence-corrected chi connectivity index (χ4v) is 1.26. The minimum Gasteiger partial charge on any atom is -0.469 e. The maximum atomic E-state index is 12.0. The van der Waals surface area contributed by atoms with Crippen LogP contribution in [-0.4, -0.2) is 36.2 Å². The predicted molar refractivity (Wildman–Crippen MR) is 71.8 cm³/mol. The molecule has 0 saturated heterocycles. The fraction of sp³-hybridized carbons (Fsp3) is 0.786. The van der Waals surface area contributed by atoms with E-state index in [0.29, 0.717) is 0 Å². The molecular weight excluding hydrogens is 264 g/mol. The van der Waals surface area contributed by atoms with Crippen LogP contribution >= 0.6 is 0 Å². The third kappa shape index (κ3) is 7.76. The highest BCUT2D eigenvalue weighted by atomic mass is 16.6. The number of esters is 3. The zero-order valence-electron chi connectivity index (χ0n) is 13.2. The van der Waals surface area contributed by atoms with Gasteiger partial charge in [-0.3, -0.25) is 14.4 Å². The average molecular weight is 288 g/mol. The lowest BCUT2D eigenvalue weighted by atomic mass is 10.0. The molecule has 20 heavy (non-hydrogen) atoms. The Bertz CT molecular complexity index is 344. The van der Waals surface area contributed by atoms with Crippen molar-refractivity contribution in [1.29, 1.82) is 0 Å². The lowest BCUT2D eigenvalue weighted by molar-refractivity contribution is -0.177. The summed E-state index contributed by atoms with van der Waals surface area (Å²) in [6, 6.07) is 0. The van der Waals surface area contributed by atoms with Crippen molar-refractivity contribution < 1.29 is 28.6 Å². The summed E-state index contributed by atoms with van der Waals surface area (Å²) in [7, 11) is 1.18. The molecule has 0 rings (SSSR count). The van der Waals surface area contributed by atoms with Gasteiger partial charge in [-0.25, -0.2) is 0 Å². The highest BCUT2D eigenvalue weighted by Gasteiger charge is 2.36.